The van der Waals surface area contributed by atoms with Gasteiger partial charge in [0.2, 0.25) is 0 Å². The molecule has 0 saturated heterocycles. The Hall–Kier alpha value is -1.83. The second-order valence-corrected chi connectivity index (χ2v) is 8.22. The average Bonchev–Trinajstić information content (AvgIpc) is 2.91. The number of carbonyl (C=O) groups is 1. The lowest BCUT2D eigenvalue weighted by Gasteiger charge is -2.23. The third-order valence-electron chi connectivity index (χ3n) is 4.65. The minimum atomic E-state index is -0.500. The molecule has 0 aliphatic heterocycles. The third-order valence-corrected chi connectivity index (χ3v) is 4.65. The number of esters is 1. The summed E-state index contributed by atoms with van der Waals surface area (Å²) in [5.74, 6) is 1.95. The highest BCUT2D eigenvalue weighted by Gasteiger charge is 2.31. The molecule has 130 valence electrons. The van der Waals surface area contributed by atoms with Crippen LogP contribution < -0.4 is 0 Å². The summed E-state index contributed by atoms with van der Waals surface area (Å²) in [7, 11) is 0. The lowest BCUT2D eigenvalue weighted by Crippen LogP contribution is -2.22. The Labute approximate surface area is 146 Å². The van der Waals surface area contributed by atoms with Gasteiger partial charge in [-0.2, -0.15) is 0 Å². The van der Waals surface area contributed by atoms with Gasteiger partial charge in [-0.25, -0.2) is 0 Å². The largest absolute Gasteiger partial charge is 0.431 e. The SMILES string of the molecule is C=C(CC1=C[C@H](C(C)C)[C@@H](c2ccccc2)C1)OC(=O)C(C)(C)C. The molecule has 0 N–H and O–H groups in total. The highest BCUT2D eigenvalue weighted by molar-refractivity contribution is 5.76. The standard InChI is InChI=1S/C22H30O2/c1-15(2)19-13-17(12-16(3)24-21(23)22(4,5)6)14-20(19)18-10-8-7-9-11-18/h7-11,13,15,19-20H,3,12,14H2,1-2,4-6H3/t19-,20-/m1/s1. The topological polar surface area (TPSA) is 26.3 Å². The Morgan fingerprint density at radius 3 is 2.42 bits per heavy atom. The third kappa shape index (κ3) is 4.59. The van der Waals surface area contributed by atoms with Crippen molar-refractivity contribution in [3.63, 3.8) is 0 Å². The Bertz CT molecular complexity index is 617. The fourth-order valence-corrected chi connectivity index (χ4v) is 3.28. The molecule has 2 atom stereocenters. The van der Waals surface area contributed by atoms with Crippen molar-refractivity contribution in [2.45, 2.75) is 53.4 Å². The van der Waals surface area contributed by atoms with Crippen LogP contribution in [-0.4, -0.2) is 5.97 Å². The smallest absolute Gasteiger partial charge is 0.316 e. The molecule has 2 nitrogen and oxygen atoms in total. The minimum absolute atomic E-state index is 0.217. The molecule has 24 heavy (non-hydrogen) atoms. The summed E-state index contributed by atoms with van der Waals surface area (Å²) in [6, 6.07) is 10.7. The van der Waals surface area contributed by atoms with E-state index in [-0.39, 0.29) is 5.97 Å². The molecule has 0 bridgehead atoms. The molecular weight excluding hydrogens is 296 g/mol. The Balaban J connectivity index is 2.05. The predicted molar refractivity (Wildman–Crippen MR) is 99.5 cm³/mol. The molecule has 0 spiro atoms. The Morgan fingerprint density at radius 2 is 1.88 bits per heavy atom. The van der Waals surface area contributed by atoms with Crippen LogP contribution in [0.3, 0.4) is 0 Å². The number of benzene rings is 1. The van der Waals surface area contributed by atoms with E-state index in [0.717, 1.165) is 6.42 Å². The quantitative estimate of drug-likeness (QED) is 0.384. The van der Waals surface area contributed by atoms with Crippen molar-refractivity contribution in [2.75, 3.05) is 0 Å². The van der Waals surface area contributed by atoms with E-state index in [1.807, 2.05) is 20.8 Å². The van der Waals surface area contributed by atoms with Crippen LogP contribution in [0.4, 0.5) is 0 Å². The maximum absolute atomic E-state index is 12.0. The molecule has 0 heterocycles. The van der Waals surface area contributed by atoms with Crippen molar-refractivity contribution >= 4 is 5.97 Å². The van der Waals surface area contributed by atoms with Gasteiger partial charge < -0.3 is 4.74 Å². The van der Waals surface area contributed by atoms with Gasteiger partial charge >= 0.3 is 5.97 Å². The number of rotatable bonds is 5. The number of allylic oxidation sites excluding steroid dienone is 2. The van der Waals surface area contributed by atoms with Crippen LogP contribution in [0.25, 0.3) is 0 Å². The van der Waals surface area contributed by atoms with Gasteiger partial charge in [-0.05, 0) is 50.5 Å². The molecule has 1 aliphatic carbocycles. The second kappa shape index (κ2) is 7.38. The summed E-state index contributed by atoms with van der Waals surface area (Å²) >= 11 is 0. The number of carbonyl (C=O) groups excluding carboxylic acids is 1. The van der Waals surface area contributed by atoms with Gasteiger partial charge in [-0.15, -0.1) is 0 Å². The van der Waals surface area contributed by atoms with Crippen LogP contribution in [0.5, 0.6) is 0 Å². The first-order valence-electron chi connectivity index (χ1n) is 8.83. The zero-order valence-electron chi connectivity index (χ0n) is 15.6. The molecule has 0 fully saturated rings. The van der Waals surface area contributed by atoms with Crippen LogP contribution in [-0.2, 0) is 9.53 Å². The first-order valence-corrected chi connectivity index (χ1v) is 8.83. The van der Waals surface area contributed by atoms with Gasteiger partial charge in [0.25, 0.3) is 0 Å². The number of hydrogen-bond acceptors (Lipinski definition) is 2. The molecule has 0 aromatic heterocycles. The van der Waals surface area contributed by atoms with Gasteiger partial charge in [0, 0.05) is 6.42 Å². The molecule has 1 aromatic rings. The maximum Gasteiger partial charge on any atom is 0.316 e. The summed E-state index contributed by atoms with van der Waals surface area (Å²) in [5, 5.41) is 0. The second-order valence-electron chi connectivity index (χ2n) is 8.22. The van der Waals surface area contributed by atoms with Crippen LogP contribution in [0.15, 0.2) is 54.3 Å². The van der Waals surface area contributed by atoms with Gasteiger partial charge in [0.05, 0.1) is 5.41 Å². The highest BCUT2D eigenvalue weighted by atomic mass is 16.5. The zero-order chi connectivity index (χ0) is 17.9. The van der Waals surface area contributed by atoms with Crippen LogP contribution >= 0.6 is 0 Å². The van der Waals surface area contributed by atoms with E-state index in [4.69, 9.17) is 4.74 Å². The van der Waals surface area contributed by atoms with E-state index >= 15 is 0 Å². The summed E-state index contributed by atoms with van der Waals surface area (Å²) in [5.41, 5.74) is 2.22. The summed E-state index contributed by atoms with van der Waals surface area (Å²) in [6.45, 7) is 14.1. The average molecular weight is 326 g/mol. The highest BCUT2D eigenvalue weighted by Crippen LogP contribution is 2.44. The Kier molecular flexibility index (Phi) is 5.69. The van der Waals surface area contributed by atoms with Crippen LogP contribution in [0, 0.1) is 17.3 Å². The Morgan fingerprint density at radius 1 is 1.25 bits per heavy atom. The molecule has 0 radical (unpaired) electrons. The lowest BCUT2D eigenvalue weighted by atomic mass is 9.81. The number of ether oxygens (including phenoxy) is 1. The van der Waals surface area contributed by atoms with Crippen molar-refractivity contribution in [1.29, 1.82) is 0 Å². The normalized spacial score (nSPS) is 20.8. The van der Waals surface area contributed by atoms with E-state index in [9.17, 15) is 4.79 Å². The molecule has 0 unspecified atom stereocenters. The van der Waals surface area contributed by atoms with Crippen molar-refractivity contribution in [1.82, 2.24) is 0 Å². The van der Waals surface area contributed by atoms with Crippen LogP contribution in [0.1, 0.15) is 58.9 Å². The van der Waals surface area contributed by atoms with Crippen molar-refractivity contribution in [2.24, 2.45) is 17.3 Å². The fourth-order valence-electron chi connectivity index (χ4n) is 3.28. The van der Waals surface area contributed by atoms with E-state index in [0.29, 0.717) is 29.9 Å². The zero-order valence-corrected chi connectivity index (χ0v) is 15.6. The van der Waals surface area contributed by atoms with Crippen LogP contribution in [0.2, 0.25) is 0 Å². The van der Waals surface area contributed by atoms with Gasteiger partial charge in [0.15, 0.2) is 0 Å². The van der Waals surface area contributed by atoms with Crippen molar-refractivity contribution < 1.29 is 9.53 Å². The summed E-state index contributed by atoms with van der Waals surface area (Å²) in [4.78, 5) is 12.0. The van der Waals surface area contributed by atoms with Gasteiger partial charge in [-0.3, -0.25) is 4.79 Å². The lowest BCUT2D eigenvalue weighted by molar-refractivity contribution is -0.148. The first-order chi connectivity index (χ1) is 11.2. The molecule has 1 aromatic carbocycles. The van der Waals surface area contributed by atoms with E-state index < -0.39 is 5.41 Å². The monoisotopic (exact) mass is 326 g/mol. The van der Waals surface area contributed by atoms with E-state index in [1.54, 1.807) is 0 Å². The first kappa shape index (κ1) is 18.5. The molecule has 0 saturated carbocycles. The van der Waals surface area contributed by atoms with Gasteiger partial charge in [-0.1, -0.05) is 62.4 Å². The number of hydrogen-bond donors (Lipinski definition) is 0. The van der Waals surface area contributed by atoms with Crippen molar-refractivity contribution in [3.8, 4) is 0 Å². The van der Waals surface area contributed by atoms with Crippen molar-refractivity contribution in [3.05, 3.63) is 59.9 Å². The fraction of sp³-hybridized carbons (Fsp3) is 0.500. The molecule has 1 aliphatic rings. The minimum Gasteiger partial charge on any atom is -0.431 e. The summed E-state index contributed by atoms with van der Waals surface area (Å²) < 4.78 is 5.44. The summed E-state index contributed by atoms with van der Waals surface area (Å²) in [6.07, 6.45) is 4.03. The molecule has 0 amide bonds. The molecule has 2 heteroatoms. The van der Waals surface area contributed by atoms with Gasteiger partial charge in [0.1, 0.15) is 5.76 Å². The molecule has 2 rings (SSSR count). The molecular formula is C22H30O2. The van der Waals surface area contributed by atoms with E-state index in [1.165, 1.54) is 11.1 Å². The maximum atomic E-state index is 12.0. The predicted octanol–water partition coefficient (Wildman–Crippen LogP) is 5.87. The van der Waals surface area contributed by atoms with E-state index in [2.05, 4.69) is 56.8 Å².